The average Bonchev–Trinajstić information content (AvgIpc) is 3.29. The summed E-state index contributed by atoms with van der Waals surface area (Å²) in [5.41, 5.74) is 0. The maximum Gasteiger partial charge on any atom is 0.230 e. The first kappa shape index (κ1) is 15.8. The van der Waals surface area contributed by atoms with Gasteiger partial charge in [0.15, 0.2) is 5.16 Å². The van der Waals surface area contributed by atoms with Gasteiger partial charge in [0.2, 0.25) is 5.91 Å². The number of hydrogen-bond acceptors (Lipinski definition) is 6. The van der Waals surface area contributed by atoms with Gasteiger partial charge in [0.1, 0.15) is 11.0 Å². The van der Waals surface area contributed by atoms with E-state index in [1.165, 1.54) is 11.8 Å². The molecular formula is C14H20ClN5OS. The van der Waals surface area contributed by atoms with Crippen LogP contribution in [0.2, 0.25) is 5.15 Å². The second-order valence-corrected chi connectivity index (χ2v) is 7.08. The van der Waals surface area contributed by atoms with Crippen LogP contribution < -0.4 is 10.2 Å². The Kier molecular flexibility index (Phi) is 5.05. The zero-order valence-corrected chi connectivity index (χ0v) is 14.2. The van der Waals surface area contributed by atoms with Gasteiger partial charge in [-0.25, -0.2) is 9.97 Å². The van der Waals surface area contributed by atoms with Crippen molar-refractivity contribution in [3.8, 4) is 0 Å². The lowest BCUT2D eigenvalue weighted by atomic mass is 10.3. The van der Waals surface area contributed by atoms with E-state index >= 15 is 0 Å². The SMILES string of the molecule is CN1CCN(c2cc(Cl)nc(SCC(=O)NC3CC3)n2)CC1. The second kappa shape index (κ2) is 7.02. The van der Waals surface area contributed by atoms with Crippen molar-refractivity contribution in [3.63, 3.8) is 0 Å². The van der Waals surface area contributed by atoms with E-state index in [1.54, 1.807) is 6.07 Å². The molecule has 6 nitrogen and oxygen atoms in total. The Labute approximate surface area is 139 Å². The molecule has 1 aliphatic heterocycles. The van der Waals surface area contributed by atoms with E-state index in [0.29, 0.717) is 22.1 Å². The smallest absolute Gasteiger partial charge is 0.230 e. The molecule has 2 fully saturated rings. The van der Waals surface area contributed by atoms with E-state index in [1.807, 2.05) is 0 Å². The largest absolute Gasteiger partial charge is 0.354 e. The Morgan fingerprint density at radius 2 is 2.09 bits per heavy atom. The molecule has 0 atom stereocenters. The fourth-order valence-corrected chi connectivity index (χ4v) is 3.17. The predicted molar refractivity (Wildman–Crippen MR) is 88.6 cm³/mol. The van der Waals surface area contributed by atoms with Gasteiger partial charge in [-0.1, -0.05) is 23.4 Å². The number of likely N-dealkylation sites (N-methyl/N-ethyl adjacent to an activating group) is 1. The highest BCUT2D eigenvalue weighted by Crippen LogP contribution is 2.23. The summed E-state index contributed by atoms with van der Waals surface area (Å²) in [7, 11) is 2.12. The van der Waals surface area contributed by atoms with Crippen LogP contribution in [0.3, 0.4) is 0 Å². The number of nitrogens with one attached hydrogen (secondary N) is 1. The third-order valence-corrected chi connectivity index (χ3v) is 4.80. The first-order valence-electron chi connectivity index (χ1n) is 7.50. The normalized spacial score (nSPS) is 19.3. The highest BCUT2D eigenvalue weighted by atomic mass is 35.5. The summed E-state index contributed by atoms with van der Waals surface area (Å²) in [5, 5.41) is 3.94. The minimum Gasteiger partial charge on any atom is -0.354 e. The van der Waals surface area contributed by atoms with Crippen LogP contribution in [0.4, 0.5) is 5.82 Å². The van der Waals surface area contributed by atoms with Crippen molar-refractivity contribution in [2.24, 2.45) is 0 Å². The molecule has 0 unspecified atom stereocenters. The summed E-state index contributed by atoms with van der Waals surface area (Å²) in [4.78, 5) is 25.0. The van der Waals surface area contributed by atoms with Crippen molar-refractivity contribution in [1.29, 1.82) is 0 Å². The van der Waals surface area contributed by atoms with Crippen molar-refractivity contribution in [2.45, 2.75) is 24.0 Å². The number of anilines is 1. The van der Waals surface area contributed by atoms with Crippen LogP contribution in [0.25, 0.3) is 0 Å². The molecule has 1 N–H and O–H groups in total. The molecule has 22 heavy (non-hydrogen) atoms. The number of aromatic nitrogens is 2. The predicted octanol–water partition coefficient (Wildman–Crippen LogP) is 1.25. The molecule has 0 spiro atoms. The lowest BCUT2D eigenvalue weighted by Crippen LogP contribution is -2.44. The Morgan fingerprint density at radius 3 is 2.77 bits per heavy atom. The van der Waals surface area contributed by atoms with Gasteiger partial charge in [-0.3, -0.25) is 4.79 Å². The molecule has 2 heterocycles. The summed E-state index contributed by atoms with van der Waals surface area (Å²) in [6.07, 6.45) is 2.19. The summed E-state index contributed by atoms with van der Waals surface area (Å²) in [6.45, 7) is 3.87. The number of carbonyl (C=O) groups is 1. The second-order valence-electron chi connectivity index (χ2n) is 5.75. The molecule has 8 heteroatoms. The van der Waals surface area contributed by atoms with Crippen LogP contribution in [0.1, 0.15) is 12.8 Å². The maximum absolute atomic E-state index is 11.7. The van der Waals surface area contributed by atoms with Crippen LogP contribution in [0, 0.1) is 0 Å². The lowest BCUT2D eigenvalue weighted by Gasteiger charge is -2.33. The molecule has 1 aromatic rings. The molecule has 0 bridgehead atoms. The minimum absolute atomic E-state index is 0.0391. The van der Waals surface area contributed by atoms with Crippen LogP contribution in [0.15, 0.2) is 11.2 Å². The van der Waals surface area contributed by atoms with Gasteiger partial charge in [-0.15, -0.1) is 0 Å². The monoisotopic (exact) mass is 341 g/mol. The Balaban J connectivity index is 1.60. The number of carbonyl (C=O) groups excluding carboxylic acids is 1. The summed E-state index contributed by atoms with van der Waals surface area (Å²) >= 11 is 7.44. The van der Waals surface area contributed by atoms with Crippen LogP contribution in [-0.4, -0.2) is 65.8 Å². The molecule has 1 saturated carbocycles. The van der Waals surface area contributed by atoms with Gasteiger partial charge in [0.05, 0.1) is 5.75 Å². The van der Waals surface area contributed by atoms with Crippen molar-refractivity contribution in [1.82, 2.24) is 20.2 Å². The number of rotatable bonds is 5. The van der Waals surface area contributed by atoms with E-state index in [4.69, 9.17) is 11.6 Å². The summed E-state index contributed by atoms with van der Waals surface area (Å²) in [5.74, 6) is 1.22. The molecule has 1 saturated heterocycles. The van der Waals surface area contributed by atoms with Gasteiger partial charge in [0, 0.05) is 38.3 Å². The third kappa shape index (κ3) is 4.47. The van der Waals surface area contributed by atoms with Gasteiger partial charge in [-0.2, -0.15) is 0 Å². The first-order valence-corrected chi connectivity index (χ1v) is 8.87. The maximum atomic E-state index is 11.7. The highest BCUT2D eigenvalue weighted by Gasteiger charge is 2.23. The third-order valence-electron chi connectivity index (χ3n) is 3.76. The van der Waals surface area contributed by atoms with Crippen LogP contribution in [-0.2, 0) is 4.79 Å². The Morgan fingerprint density at radius 1 is 1.36 bits per heavy atom. The van der Waals surface area contributed by atoms with E-state index in [0.717, 1.165) is 44.8 Å². The topological polar surface area (TPSA) is 61.4 Å². The Hall–Kier alpha value is -1.05. The number of halogens is 1. The zero-order valence-electron chi connectivity index (χ0n) is 12.6. The number of piperazine rings is 1. The minimum atomic E-state index is 0.0391. The van der Waals surface area contributed by atoms with E-state index in [-0.39, 0.29) is 5.91 Å². The fourth-order valence-electron chi connectivity index (χ4n) is 2.27. The Bertz CT molecular complexity index is 546. The van der Waals surface area contributed by atoms with E-state index < -0.39 is 0 Å². The molecule has 1 aromatic heterocycles. The molecular weight excluding hydrogens is 322 g/mol. The number of thioether (sulfide) groups is 1. The van der Waals surface area contributed by atoms with Gasteiger partial charge >= 0.3 is 0 Å². The van der Waals surface area contributed by atoms with Crippen molar-refractivity contribution >= 4 is 35.1 Å². The fraction of sp³-hybridized carbons (Fsp3) is 0.643. The van der Waals surface area contributed by atoms with Crippen LogP contribution in [0.5, 0.6) is 0 Å². The molecule has 1 amide bonds. The van der Waals surface area contributed by atoms with Gasteiger partial charge < -0.3 is 15.1 Å². The molecule has 120 valence electrons. The highest BCUT2D eigenvalue weighted by molar-refractivity contribution is 7.99. The van der Waals surface area contributed by atoms with Crippen LogP contribution >= 0.6 is 23.4 Å². The standard InChI is InChI=1S/C14H20ClN5OS/c1-19-4-6-20(7-5-19)12-8-11(15)17-14(18-12)22-9-13(21)16-10-2-3-10/h8,10H,2-7,9H2,1H3,(H,16,21). The molecule has 2 aliphatic rings. The average molecular weight is 342 g/mol. The van der Waals surface area contributed by atoms with Gasteiger partial charge in [0.25, 0.3) is 0 Å². The van der Waals surface area contributed by atoms with E-state index in [2.05, 4.69) is 32.1 Å². The van der Waals surface area contributed by atoms with Crippen molar-refractivity contribution in [3.05, 3.63) is 11.2 Å². The number of hydrogen-bond donors (Lipinski definition) is 1. The molecule has 0 radical (unpaired) electrons. The summed E-state index contributed by atoms with van der Waals surface area (Å²) in [6, 6.07) is 2.18. The van der Waals surface area contributed by atoms with Crippen molar-refractivity contribution < 1.29 is 4.79 Å². The van der Waals surface area contributed by atoms with E-state index in [9.17, 15) is 4.79 Å². The number of amides is 1. The molecule has 3 rings (SSSR count). The first-order chi connectivity index (χ1) is 10.6. The quantitative estimate of drug-likeness (QED) is 0.494. The molecule has 0 aromatic carbocycles. The summed E-state index contributed by atoms with van der Waals surface area (Å²) < 4.78 is 0. The molecule has 1 aliphatic carbocycles. The lowest BCUT2D eigenvalue weighted by molar-refractivity contribution is -0.118. The number of nitrogens with zero attached hydrogens (tertiary/aromatic N) is 4. The zero-order chi connectivity index (χ0) is 15.5. The van der Waals surface area contributed by atoms with Crippen molar-refractivity contribution in [2.75, 3.05) is 43.9 Å². The van der Waals surface area contributed by atoms with Gasteiger partial charge in [-0.05, 0) is 19.9 Å².